The summed E-state index contributed by atoms with van der Waals surface area (Å²) in [4.78, 5) is 22.3. The minimum atomic E-state index is -0.0290. The number of rotatable bonds is 7. The molecule has 1 aliphatic rings. The molecule has 3 aromatic carbocycles. The smallest absolute Gasteiger partial charge is 0.251 e. The fourth-order valence-corrected chi connectivity index (χ4v) is 4.60. The van der Waals surface area contributed by atoms with Crippen molar-refractivity contribution in [2.45, 2.75) is 12.8 Å². The maximum atomic E-state index is 12.8. The highest BCUT2D eigenvalue weighted by Gasteiger charge is 2.20. The molecular formula is C29H30N4O. The first-order valence-electron chi connectivity index (χ1n) is 12.0. The number of anilines is 2. The number of benzene rings is 3. The van der Waals surface area contributed by atoms with E-state index in [1.54, 1.807) is 0 Å². The normalized spacial score (nSPS) is 13.8. The number of pyridine rings is 1. The molecule has 0 saturated carbocycles. The van der Waals surface area contributed by atoms with Crippen LogP contribution in [0.15, 0.2) is 91.1 Å². The molecule has 2 heterocycles. The van der Waals surface area contributed by atoms with Crippen LogP contribution in [-0.4, -0.2) is 43.6 Å². The molecule has 5 heteroatoms. The number of piperazine rings is 1. The Morgan fingerprint density at radius 1 is 0.824 bits per heavy atom. The molecule has 0 spiro atoms. The minimum absolute atomic E-state index is 0.0290. The zero-order chi connectivity index (χ0) is 23.2. The van der Waals surface area contributed by atoms with Gasteiger partial charge in [-0.1, -0.05) is 54.6 Å². The molecule has 1 amide bonds. The molecule has 5 rings (SSSR count). The summed E-state index contributed by atoms with van der Waals surface area (Å²) >= 11 is 0. The Hall–Kier alpha value is -3.86. The average molecular weight is 451 g/mol. The molecule has 1 fully saturated rings. The molecule has 172 valence electrons. The summed E-state index contributed by atoms with van der Waals surface area (Å²) in [6.07, 6.45) is 3.74. The number of hydrogen-bond acceptors (Lipinski definition) is 4. The molecule has 1 saturated heterocycles. The van der Waals surface area contributed by atoms with E-state index in [9.17, 15) is 4.79 Å². The van der Waals surface area contributed by atoms with Crippen LogP contribution in [0.5, 0.6) is 0 Å². The Morgan fingerprint density at radius 2 is 1.53 bits per heavy atom. The van der Waals surface area contributed by atoms with Crippen molar-refractivity contribution < 1.29 is 4.79 Å². The highest BCUT2D eigenvalue weighted by molar-refractivity contribution is 6.01. The second-order valence-electron chi connectivity index (χ2n) is 8.73. The van der Waals surface area contributed by atoms with Gasteiger partial charge in [-0.25, -0.2) is 4.98 Å². The molecule has 5 nitrogen and oxygen atoms in total. The van der Waals surface area contributed by atoms with Crippen molar-refractivity contribution >= 4 is 28.2 Å². The highest BCUT2D eigenvalue weighted by Crippen LogP contribution is 2.27. The van der Waals surface area contributed by atoms with E-state index in [1.807, 2.05) is 36.5 Å². The summed E-state index contributed by atoms with van der Waals surface area (Å²) in [5.41, 5.74) is 3.24. The van der Waals surface area contributed by atoms with Gasteiger partial charge >= 0.3 is 0 Å². The second kappa shape index (κ2) is 10.4. The molecule has 0 unspecified atom stereocenters. The van der Waals surface area contributed by atoms with Crippen LogP contribution in [0.25, 0.3) is 10.8 Å². The number of hydrogen-bond donors (Lipinski definition) is 1. The molecule has 0 bridgehead atoms. The lowest BCUT2D eigenvalue weighted by atomic mass is 10.1. The Bertz CT molecular complexity index is 1230. The molecule has 4 aromatic rings. The van der Waals surface area contributed by atoms with E-state index in [0.29, 0.717) is 12.1 Å². The first-order valence-corrected chi connectivity index (χ1v) is 12.0. The monoisotopic (exact) mass is 450 g/mol. The van der Waals surface area contributed by atoms with Gasteiger partial charge in [-0.15, -0.1) is 0 Å². The number of carbonyl (C=O) groups is 1. The van der Waals surface area contributed by atoms with Gasteiger partial charge in [0.1, 0.15) is 5.82 Å². The van der Waals surface area contributed by atoms with Crippen LogP contribution >= 0.6 is 0 Å². The van der Waals surface area contributed by atoms with E-state index in [-0.39, 0.29) is 5.91 Å². The van der Waals surface area contributed by atoms with Crippen molar-refractivity contribution in [1.29, 1.82) is 0 Å². The topological polar surface area (TPSA) is 48.5 Å². The number of amides is 1. The summed E-state index contributed by atoms with van der Waals surface area (Å²) in [5, 5.41) is 5.22. The molecule has 34 heavy (non-hydrogen) atoms. The van der Waals surface area contributed by atoms with Gasteiger partial charge in [0.2, 0.25) is 0 Å². The minimum Gasteiger partial charge on any atom is -0.368 e. The van der Waals surface area contributed by atoms with Crippen LogP contribution in [-0.2, 0) is 6.42 Å². The summed E-state index contributed by atoms with van der Waals surface area (Å²) in [6.45, 7) is 4.36. The number of fused-ring (bicyclic) bond motifs is 1. The Balaban J connectivity index is 1.24. The van der Waals surface area contributed by atoms with Gasteiger partial charge in [0, 0.05) is 55.6 Å². The Labute approximate surface area is 201 Å². The molecular weight excluding hydrogens is 420 g/mol. The fourth-order valence-electron chi connectivity index (χ4n) is 4.60. The van der Waals surface area contributed by atoms with Crippen molar-refractivity contribution in [2.75, 3.05) is 42.5 Å². The Kier molecular flexibility index (Phi) is 6.71. The van der Waals surface area contributed by atoms with Crippen molar-refractivity contribution in [3.63, 3.8) is 0 Å². The van der Waals surface area contributed by atoms with E-state index in [0.717, 1.165) is 55.6 Å². The molecule has 0 radical (unpaired) electrons. The predicted molar refractivity (Wildman–Crippen MR) is 140 cm³/mol. The molecule has 1 N–H and O–H groups in total. The van der Waals surface area contributed by atoms with Crippen LogP contribution in [0.3, 0.4) is 0 Å². The van der Waals surface area contributed by atoms with Gasteiger partial charge in [0.25, 0.3) is 5.91 Å². The number of aryl methyl sites for hydroxylation is 1. The summed E-state index contributed by atoms with van der Waals surface area (Å²) in [5.74, 6) is 0.933. The zero-order valence-corrected chi connectivity index (χ0v) is 19.4. The number of carbonyl (C=O) groups excluding carboxylic acids is 1. The predicted octanol–water partition coefficient (Wildman–Crippen LogP) is 4.92. The molecule has 0 atom stereocenters. The van der Waals surface area contributed by atoms with E-state index in [4.69, 9.17) is 4.98 Å². The molecule has 1 aliphatic heterocycles. The van der Waals surface area contributed by atoms with Gasteiger partial charge in [-0.3, -0.25) is 4.79 Å². The molecule has 1 aromatic heterocycles. The second-order valence-corrected chi connectivity index (χ2v) is 8.73. The van der Waals surface area contributed by atoms with Crippen LogP contribution in [0, 0.1) is 0 Å². The molecule has 0 aliphatic carbocycles. The first-order chi connectivity index (χ1) is 16.8. The number of aromatic nitrogens is 1. The highest BCUT2D eigenvalue weighted by atomic mass is 16.1. The third-order valence-corrected chi connectivity index (χ3v) is 6.48. The first kappa shape index (κ1) is 22.0. The summed E-state index contributed by atoms with van der Waals surface area (Å²) in [6, 6.07) is 28.9. The largest absolute Gasteiger partial charge is 0.368 e. The van der Waals surface area contributed by atoms with Crippen LogP contribution in [0.1, 0.15) is 22.3 Å². The van der Waals surface area contributed by atoms with E-state index in [1.165, 1.54) is 11.3 Å². The number of nitrogens with one attached hydrogen (secondary N) is 1. The number of para-hydroxylation sites is 1. The van der Waals surface area contributed by atoms with E-state index in [2.05, 4.69) is 69.7 Å². The third-order valence-electron chi connectivity index (χ3n) is 6.48. The van der Waals surface area contributed by atoms with Crippen molar-refractivity contribution in [2.24, 2.45) is 0 Å². The van der Waals surface area contributed by atoms with Crippen LogP contribution in [0.4, 0.5) is 11.5 Å². The maximum absolute atomic E-state index is 12.8. The zero-order valence-electron chi connectivity index (χ0n) is 19.4. The third kappa shape index (κ3) is 5.04. The Morgan fingerprint density at radius 3 is 2.29 bits per heavy atom. The van der Waals surface area contributed by atoms with Gasteiger partial charge in [-0.05, 0) is 54.1 Å². The lowest BCUT2D eigenvalue weighted by molar-refractivity contribution is 0.0953. The van der Waals surface area contributed by atoms with Crippen molar-refractivity contribution in [1.82, 2.24) is 10.3 Å². The van der Waals surface area contributed by atoms with Crippen LogP contribution < -0.4 is 15.1 Å². The van der Waals surface area contributed by atoms with Crippen molar-refractivity contribution in [3.05, 3.63) is 102 Å². The SMILES string of the molecule is O=C(NCCCc1ccccc1)c1ccc2ccnc(N3CCN(c4ccccc4)CC3)c2c1. The lowest BCUT2D eigenvalue weighted by Gasteiger charge is -2.37. The van der Waals surface area contributed by atoms with E-state index < -0.39 is 0 Å². The maximum Gasteiger partial charge on any atom is 0.251 e. The van der Waals surface area contributed by atoms with Gasteiger partial charge in [0.05, 0.1) is 0 Å². The summed E-state index contributed by atoms with van der Waals surface area (Å²) < 4.78 is 0. The van der Waals surface area contributed by atoms with E-state index >= 15 is 0 Å². The number of nitrogens with zero attached hydrogens (tertiary/aromatic N) is 3. The summed E-state index contributed by atoms with van der Waals surface area (Å²) in [7, 11) is 0. The van der Waals surface area contributed by atoms with Crippen LogP contribution in [0.2, 0.25) is 0 Å². The standard InChI is InChI=1S/C29H30N4O/c34-29(31-16-7-10-23-8-3-1-4-9-23)25-14-13-24-15-17-30-28(27(24)22-25)33-20-18-32(19-21-33)26-11-5-2-6-12-26/h1-6,8-9,11-15,17,22H,7,10,16,18-21H2,(H,31,34). The quantitative estimate of drug-likeness (QED) is 0.406. The lowest BCUT2D eigenvalue weighted by Crippen LogP contribution is -2.46. The average Bonchev–Trinajstić information content (AvgIpc) is 2.91. The van der Waals surface area contributed by atoms with Gasteiger partial charge < -0.3 is 15.1 Å². The van der Waals surface area contributed by atoms with Gasteiger partial charge in [0.15, 0.2) is 0 Å². The fraction of sp³-hybridized carbons (Fsp3) is 0.241. The van der Waals surface area contributed by atoms with Crippen molar-refractivity contribution in [3.8, 4) is 0 Å². The van der Waals surface area contributed by atoms with Gasteiger partial charge in [-0.2, -0.15) is 0 Å².